The number of imidazole rings is 1. The molecule has 0 unspecified atom stereocenters. The predicted molar refractivity (Wildman–Crippen MR) is 59.2 cm³/mol. The van der Waals surface area contributed by atoms with Crippen LogP contribution in [0.3, 0.4) is 0 Å². The van der Waals surface area contributed by atoms with Gasteiger partial charge in [-0.1, -0.05) is 6.92 Å². The van der Waals surface area contributed by atoms with Gasteiger partial charge in [0.1, 0.15) is 0 Å². The van der Waals surface area contributed by atoms with Gasteiger partial charge in [-0.25, -0.2) is 4.98 Å². The molecule has 1 N–H and O–H groups in total. The van der Waals surface area contributed by atoms with E-state index in [4.69, 9.17) is 0 Å². The quantitative estimate of drug-likeness (QED) is 0.812. The highest BCUT2D eigenvalue weighted by Crippen LogP contribution is 2.32. The molecule has 16 heavy (non-hydrogen) atoms. The van der Waals surface area contributed by atoms with E-state index in [0.29, 0.717) is 6.54 Å². The first-order chi connectivity index (χ1) is 7.63. The van der Waals surface area contributed by atoms with Gasteiger partial charge in [-0.3, -0.25) is 4.79 Å². The Balaban J connectivity index is 2.25. The van der Waals surface area contributed by atoms with Crippen LogP contribution in [-0.4, -0.2) is 45.2 Å². The molecule has 0 aliphatic carbocycles. The SMILES string of the molecule is CCN1C[C@H](C(=O)O)[C@@H](c2cncn2C)C1. The molecule has 0 amide bonds. The molecule has 1 fully saturated rings. The number of likely N-dealkylation sites (N-methyl/N-ethyl adjacent to an activating group) is 1. The molecule has 5 heteroatoms. The number of aromatic nitrogens is 2. The Morgan fingerprint density at radius 3 is 2.88 bits per heavy atom. The van der Waals surface area contributed by atoms with Crippen LogP contribution in [0.25, 0.3) is 0 Å². The number of rotatable bonds is 3. The van der Waals surface area contributed by atoms with Gasteiger partial charge >= 0.3 is 5.97 Å². The molecule has 1 aromatic heterocycles. The lowest BCUT2D eigenvalue weighted by atomic mass is 9.93. The molecule has 2 heterocycles. The third kappa shape index (κ3) is 1.82. The van der Waals surface area contributed by atoms with Crippen LogP contribution in [0.4, 0.5) is 0 Å². The van der Waals surface area contributed by atoms with E-state index in [2.05, 4.69) is 16.8 Å². The molecule has 0 spiro atoms. The Kier molecular flexibility index (Phi) is 2.96. The fraction of sp³-hybridized carbons (Fsp3) is 0.636. The lowest BCUT2D eigenvalue weighted by Gasteiger charge is -2.15. The number of likely N-dealkylation sites (tertiary alicyclic amines) is 1. The first-order valence-electron chi connectivity index (χ1n) is 5.54. The maximum atomic E-state index is 11.2. The van der Waals surface area contributed by atoms with Gasteiger partial charge in [0.05, 0.1) is 12.2 Å². The van der Waals surface area contributed by atoms with Crippen molar-refractivity contribution in [1.82, 2.24) is 14.5 Å². The Hall–Kier alpha value is -1.36. The zero-order valence-electron chi connectivity index (χ0n) is 9.63. The summed E-state index contributed by atoms with van der Waals surface area (Å²) in [5, 5.41) is 9.23. The highest BCUT2D eigenvalue weighted by Gasteiger charge is 2.39. The van der Waals surface area contributed by atoms with Gasteiger partial charge in [-0.2, -0.15) is 0 Å². The maximum Gasteiger partial charge on any atom is 0.308 e. The maximum absolute atomic E-state index is 11.2. The summed E-state index contributed by atoms with van der Waals surface area (Å²) in [5.41, 5.74) is 1.02. The molecule has 0 aromatic carbocycles. The van der Waals surface area contributed by atoms with Gasteiger partial charge in [0.15, 0.2) is 0 Å². The van der Waals surface area contributed by atoms with Crippen LogP contribution < -0.4 is 0 Å². The molecular formula is C11H17N3O2. The number of hydrogen-bond acceptors (Lipinski definition) is 3. The summed E-state index contributed by atoms with van der Waals surface area (Å²) in [5.74, 6) is -0.956. The molecule has 1 aliphatic rings. The Bertz CT molecular complexity index is 388. The summed E-state index contributed by atoms with van der Waals surface area (Å²) >= 11 is 0. The first-order valence-corrected chi connectivity index (χ1v) is 5.54. The molecular weight excluding hydrogens is 206 g/mol. The van der Waals surface area contributed by atoms with Crippen LogP contribution in [0.5, 0.6) is 0 Å². The van der Waals surface area contributed by atoms with E-state index < -0.39 is 5.97 Å². The molecule has 1 aliphatic heterocycles. The normalized spacial score (nSPS) is 26.1. The molecule has 88 valence electrons. The van der Waals surface area contributed by atoms with Crippen LogP contribution in [0.15, 0.2) is 12.5 Å². The van der Waals surface area contributed by atoms with E-state index in [1.165, 1.54) is 0 Å². The van der Waals surface area contributed by atoms with Crippen molar-refractivity contribution in [2.24, 2.45) is 13.0 Å². The lowest BCUT2D eigenvalue weighted by Crippen LogP contribution is -2.23. The van der Waals surface area contributed by atoms with Crippen molar-refractivity contribution >= 4 is 5.97 Å². The highest BCUT2D eigenvalue weighted by atomic mass is 16.4. The van der Waals surface area contributed by atoms with Crippen LogP contribution in [0, 0.1) is 5.92 Å². The van der Waals surface area contributed by atoms with Crippen LogP contribution in [0.2, 0.25) is 0 Å². The average Bonchev–Trinajstić information content (AvgIpc) is 2.82. The van der Waals surface area contributed by atoms with Crippen molar-refractivity contribution < 1.29 is 9.90 Å². The molecule has 0 bridgehead atoms. The molecule has 5 nitrogen and oxygen atoms in total. The van der Waals surface area contributed by atoms with Gasteiger partial charge in [0.2, 0.25) is 0 Å². The zero-order chi connectivity index (χ0) is 11.7. The third-order valence-electron chi connectivity index (χ3n) is 3.39. The van der Waals surface area contributed by atoms with Gasteiger partial charge in [0, 0.05) is 37.9 Å². The van der Waals surface area contributed by atoms with Crippen molar-refractivity contribution in [3.63, 3.8) is 0 Å². The van der Waals surface area contributed by atoms with Gasteiger partial charge in [0.25, 0.3) is 0 Å². The standard InChI is InChI=1S/C11H17N3O2/c1-3-14-5-8(9(6-14)11(15)16)10-4-12-7-13(10)2/h4,7-9H,3,5-6H2,1-2H3,(H,15,16)/t8-,9-/m0/s1. The van der Waals surface area contributed by atoms with E-state index in [0.717, 1.165) is 18.8 Å². The molecule has 0 radical (unpaired) electrons. The molecule has 2 rings (SSSR count). The number of carboxylic acid groups (broad SMARTS) is 1. The van der Waals surface area contributed by atoms with Gasteiger partial charge < -0.3 is 14.6 Å². The monoisotopic (exact) mass is 223 g/mol. The molecule has 1 saturated heterocycles. The van der Waals surface area contributed by atoms with Crippen LogP contribution in [-0.2, 0) is 11.8 Å². The van der Waals surface area contributed by atoms with Crippen molar-refractivity contribution in [1.29, 1.82) is 0 Å². The second-order valence-corrected chi connectivity index (χ2v) is 4.33. The van der Waals surface area contributed by atoms with Gasteiger partial charge in [-0.15, -0.1) is 0 Å². The smallest absolute Gasteiger partial charge is 0.308 e. The number of aryl methyl sites for hydroxylation is 1. The molecule has 1 aromatic rings. The number of hydrogen-bond donors (Lipinski definition) is 1. The summed E-state index contributed by atoms with van der Waals surface area (Å²) in [6, 6.07) is 0. The van der Waals surface area contributed by atoms with Crippen LogP contribution >= 0.6 is 0 Å². The number of carboxylic acids is 1. The van der Waals surface area contributed by atoms with E-state index in [1.807, 2.05) is 11.6 Å². The van der Waals surface area contributed by atoms with E-state index in [-0.39, 0.29) is 11.8 Å². The predicted octanol–water partition coefficient (Wildman–Crippen LogP) is 0.540. The highest BCUT2D eigenvalue weighted by molar-refractivity contribution is 5.72. The number of aliphatic carboxylic acids is 1. The second kappa shape index (κ2) is 4.25. The van der Waals surface area contributed by atoms with Gasteiger partial charge in [-0.05, 0) is 6.54 Å². The summed E-state index contributed by atoms with van der Waals surface area (Å²) < 4.78 is 1.92. The largest absolute Gasteiger partial charge is 0.481 e. The van der Waals surface area contributed by atoms with Crippen molar-refractivity contribution in [2.45, 2.75) is 12.8 Å². The molecule has 0 saturated carbocycles. The number of carbonyl (C=O) groups is 1. The summed E-state index contributed by atoms with van der Waals surface area (Å²) in [6.45, 7) is 4.41. The Labute approximate surface area is 94.7 Å². The fourth-order valence-electron chi connectivity index (χ4n) is 2.42. The fourth-order valence-corrected chi connectivity index (χ4v) is 2.42. The minimum Gasteiger partial charge on any atom is -0.481 e. The average molecular weight is 223 g/mol. The topological polar surface area (TPSA) is 58.4 Å². The number of nitrogens with zero attached hydrogens (tertiary/aromatic N) is 3. The van der Waals surface area contributed by atoms with Crippen molar-refractivity contribution in [3.8, 4) is 0 Å². The van der Waals surface area contributed by atoms with E-state index in [1.54, 1.807) is 12.5 Å². The Morgan fingerprint density at radius 2 is 2.38 bits per heavy atom. The molecule has 2 atom stereocenters. The van der Waals surface area contributed by atoms with E-state index >= 15 is 0 Å². The minimum absolute atomic E-state index is 0.0601. The summed E-state index contributed by atoms with van der Waals surface area (Å²) in [4.78, 5) is 17.5. The summed E-state index contributed by atoms with van der Waals surface area (Å²) in [6.07, 6.45) is 3.50. The third-order valence-corrected chi connectivity index (χ3v) is 3.39. The minimum atomic E-state index is -0.706. The van der Waals surface area contributed by atoms with Crippen LogP contribution in [0.1, 0.15) is 18.5 Å². The zero-order valence-corrected chi connectivity index (χ0v) is 9.63. The first kappa shape index (κ1) is 11.1. The van der Waals surface area contributed by atoms with Crippen molar-refractivity contribution in [2.75, 3.05) is 19.6 Å². The summed E-state index contributed by atoms with van der Waals surface area (Å²) in [7, 11) is 1.91. The second-order valence-electron chi connectivity index (χ2n) is 4.33. The van der Waals surface area contributed by atoms with E-state index in [9.17, 15) is 9.90 Å². The van der Waals surface area contributed by atoms with Crippen molar-refractivity contribution in [3.05, 3.63) is 18.2 Å². The Morgan fingerprint density at radius 1 is 1.62 bits per heavy atom. The lowest BCUT2D eigenvalue weighted by molar-refractivity contribution is -0.141.